The van der Waals surface area contributed by atoms with Crippen LogP contribution in [0.1, 0.15) is 40.9 Å². The lowest BCUT2D eigenvalue weighted by Crippen LogP contribution is -2.40. The van der Waals surface area contributed by atoms with Crippen molar-refractivity contribution in [3.63, 3.8) is 0 Å². The number of aromatic nitrogens is 1. The molecule has 2 aromatic carbocycles. The molecule has 1 amide bonds. The number of likely N-dealkylation sites (N-methyl/N-ethyl adjacent to an activating group) is 1. The molecule has 1 heterocycles. The van der Waals surface area contributed by atoms with Gasteiger partial charge >= 0.3 is 6.18 Å². The van der Waals surface area contributed by atoms with E-state index in [0.717, 1.165) is 25.2 Å². The van der Waals surface area contributed by atoms with Crippen LogP contribution in [0.3, 0.4) is 0 Å². The highest BCUT2D eigenvalue weighted by Gasteiger charge is 2.30. The molecule has 0 aliphatic rings. The molecule has 0 saturated carbocycles. The first-order valence-corrected chi connectivity index (χ1v) is 11.2. The fourth-order valence-corrected chi connectivity index (χ4v) is 3.53. The zero-order chi connectivity index (χ0) is 25.6. The molecule has 9 heteroatoms. The van der Waals surface area contributed by atoms with E-state index in [1.165, 1.54) is 12.3 Å². The topological polar surface area (TPSA) is 91.5 Å². The van der Waals surface area contributed by atoms with Crippen molar-refractivity contribution in [1.82, 2.24) is 15.2 Å². The number of nitrogen functional groups attached to an aromatic ring is 1. The van der Waals surface area contributed by atoms with Gasteiger partial charge in [0.1, 0.15) is 5.82 Å². The number of alkyl halides is 3. The summed E-state index contributed by atoms with van der Waals surface area (Å²) in [5, 5.41) is 13.6. The summed E-state index contributed by atoms with van der Waals surface area (Å²) in [5.74, 6) is 5.40. The second kappa shape index (κ2) is 11.2. The van der Waals surface area contributed by atoms with Crippen LogP contribution in [0.15, 0.2) is 48.7 Å². The highest BCUT2D eigenvalue weighted by Crippen LogP contribution is 2.33. The van der Waals surface area contributed by atoms with Crippen molar-refractivity contribution in [2.45, 2.75) is 26.1 Å². The minimum Gasteiger partial charge on any atom is -0.390 e. The first kappa shape index (κ1) is 26.0. The number of fused-ring (bicyclic) bond motifs is 1. The van der Waals surface area contributed by atoms with Crippen molar-refractivity contribution in [2.24, 2.45) is 0 Å². The Morgan fingerprint density at radius 3 is 2.46 bits per heavy atom. The Kier molecular flexibility index (Phi) is 8.33. The van der Waals surface area contributed by atoms with Crippen LogP contribution in [0.4, 0.5) is 19.0 Å². The van der Waals surface area contributed by atoms with Gasteiger partial charge in [0.05, 0.1) is 17.2 Å². The summed E-state index contributed by atoms with van der Waals surface area (Å²) in [7, 11) is 0. The zero-order valence-corrected chi connectivity index (χ0v) is 19.5. The molecule has 184 valence electrons. The van der Waals surface area contributed by atoms with Crippen molar-refractivity contribution in [2.75, 3.05) is 31.9 Å². The fourth-order valence-electron chi connectivity index (χ4n) is 3.53. The molecule has 6 nitrogen and oxygen atoms in total. The normalized spacial score (nSPS) is 12.3. The van der Waals surface area contributed by atoms with Crippen LogP contribution in [-0.2, 0) is 6.18 Å². The number of carbonyl (C=O) groups is 1. The van der Waals surface area contributed by atoms with Crippen molar-refractivity contribution < 1.29 is 23.1 Å². The number of aliphatic hydroxyl groups is 1. The summed E-state index contributed by atoms with van der Waals surface area (Å²) in [6.07, 6.45) is -3.77. The van der Waals surface area contributed by atoms with Gasteiger partial charge in [-0.3, -0.25) is 4.79 Å². The van der Waals surface area contributed by atoms with Gasteiger partial charge in [-0.15, -0.1) is 0 Å². The van der Waals surface area contributed by atoms with Gasteiger partial charge in [0.15, 0.2) is 0 Å². The van der Waals surface area contributed by atoms with E-state index in [2.05, 4.69) is 27.0 Å². The molecular weight excluding hydrogens is 457 g/mol. The second-order valence-corrected chi connectivity index (χ2v) is 8.00. The van der Waals surface area contributed by atoms with Gasteiger partial charge in [-0.2, -0.15) is 13.2 Å². The van der Waals surface area contributed by atoms with E-state index in [-0.39, 0.29) is 29.2 Å². The molecule has 4 N–H and O–H groups in total. The highest BCUT2D eigenvalue weighted by molar-refractivity contribution is 5.94. The maximum absolute atomic E-state index is 13.2. The molecular formula is C26H27F3N4O2. The van der Waals surface area contributed by atoms with E-state index < -0.39 is 17.8 Å². The number of hydrogen-bond acceptors (Lipinski definition) is 5. The molecule has 0 bridgehead atoms. The number of rotatable bonds is 7. The maximum atomic E-state index is 13.2. The van der Waals surface area contributed by atoms with Crippen molar-refractivity contribution in [3.05, 3.63) is 70.9 Å². The molecule has 0 aliphatic heterocycles. The van der Waals surface area contributed by atoms with Gasteiger partial charge in [0.2, 0.25) is 0 Å². The Hall–Kier alpha value is -3.61. The lowest BCUT2D eigenvalue weighted by molar-refractivity contribution is -0.137. The summed E-state index contributed by atoms with van der Waals surface area (Å²) in [6.45, 7) is 6.23. The van der Waals surface area contributed by atoms with Gasteiger partial charge in [-0.25, -0.2) is 4.98 Å². The van der Waals surface area contributed by atoms with E-state index in [1.807, 2.05) is 13.8 Å². The highest BCUT2D eigenvalue weighted by atomic mass is 19.4. The zero-order valence-electron chi connectivity index (χ0n) is 19.5. The summed E-state index contributed by atoms with van der Waals surface area (Å²) in [5.41, 5.74) is 6.26. The number of pyridine rings is 1. The Labute approximate surface area is 202 Å². The third kappa shape index (κ3) is 6.72. The Balaban J connectivity index is 1.74. The predicted octanol–water partition coefficient (Wildman–Crippen LogP) is 3.67. The van der Waals surface area contributed by atoms with Crippen LogP contribution in [0.5, 0.6) is 0 Å². The largest absolute Gasteiger partial charge is 0.416 e. The predicted molar refractivity (Wildman–Crippen MR) is 130 cm³/mol. The Morgan fingerprint density at radius 2 is 1.83 bits per heavy atom. The molecule has 0 saturated heterocycles. The quantitative estimate of drug-likeness (QED) is 0.445. The smallest absolute Gasteiger partial charge is 0.390 e. The van der Waals surface area contributed by atoms with Crippen molar-refractivity contribution in [1.29, 1.82) is 0 Å². The van der Waals surface area contributed by atoms with E-state index in [9.17, 15) is 23.1 Å². The Morgan fingerprint density at radius 1 is 1.14 bits per heavy atom. The number of benzene rings is 2. The number of aliphatic hydroxyl groups excluding tert-OH is 1. The first-order valence-electron chi connectivity index (χ1n) is 11.2. The van der Waals surface area contributed by atoms with Crippen LogP contribution >= 0.6 is 0 Å². The fraction of sp³-hybridized carbons (Fsp3) is 0.308. The number of amides is 1. The van der Waals surface area contributed by atoms with Crippen molar-refractivity contribution >= 4 is 22.5 Å². The number of anilines is 1. The minimum absolute atomic E-state index is 0.0311. The lowest BCUT2D eigenvalue weighted by Gasteiger charge is -2.22. The summed E-state index contributed by atoms with van der Waals surface area (Å²) < 4.78 is 39.5. The number of halogens is 3. The third-order valence-corrected chi connectivity index (χ3v) is 5.59. The van der Waals surface area contributed by atoms with Crippen LogP contribution in [0.2, 0.25) is 0 Å². The van der Waals surface area contributed by atoms with Gasteiger partial charge in [0.25, 0.3) is 5.91 Å². The second-order valence-electron chi connectivity index (χ2n) is 8.00. The van der Waals surface area contributed by atoms with Gasteiger partial charge < -0.3 is 21.1 Å². The number of nitrogens with two attached hydrogens (primary N) is 1. The molecule has 0 fully saturated rings. The monoisotopic (exact) mass is 484 g/mol. The molecule has 1 unspecified atom stereocenters. The average Bonchev–Trinajstić information content (AvgIpc) is 2.84. The standard InChI is InChI=1S/C26H27F3N4O2/c1-3-33(4-2)16-21(34)15-32-25(35)18-8-5-17(6-9-18)7-12-22-23-13-20(26(27,28)29)11-10-19(23)14-31-24(22)30/h5-6,8-11,13-14,21,34H,3-4,15-16H2,1-2H3,(H2,30,31)(H,32,35). The van der Waals surface area contributed by atoms with Gasteiger partial charge in [0, 0.05) is 41.2 Å². The van der Waals surface area contributed by atoms with Gasteiger partial charge in [-0.1, -0.05) is 31.8 Å². The number of carbonyl (C=O) groups excluding carboxylic acids is 1. The lowest BCUT2D eigenvalue weighted by atomic mass is 10.0. The molecule has 0 aliphatic carbocycles. The van der Waals surface area contributed by atoms with E-state index in [1.54, 1.807) is 24.3 Å². The van der Waals surface area contributed by atoms with Crippen LogP contribution in [0, 0.1) is 11.8 Å². The van der Waals surface area contributed by atoms with Crippen LogP contribution in [-0.4, -0.2) is 53.2 Å². The van der Waals surface area contributed by atoms with E-state index >= 15 is 0 Å². The molecule has 1 aromatic heterocycles. The van der Waals surface area contributed by atoms with Gasteiger partial charge in [-0.05, 0) is 49.5 Å². The Bertz CT molecular complexity index is 1240. The number of nitrogens with zero attached hydrogens (tertiary/aromatic N) is 2. The average molecular weight is 485 g/mol. The summed E-state index contributed by atoms with van der Waals surface area (Å²) in [6, 6.07) is 9.77. The summed E-state index contributed by atoms with van der Waals surface area (Å²) >= 11 is 0. The van der Waals surface area contributed by atoms with E-state index in [4.69, 9.17) is 5.73 Å². The van der Waals surface area contributed by atoms with Crippen LogP contribution in [0.25, 0.3) is 10.8 Å². The third-order valence-electron chi connectivity index (χ3n) is 5.59. The SMILES string of the molecule is CCN(CC)CC(O)CNC(=O)c1ccc(C#Cc2c(N)ncc3ccc(C(F)(F)F)cc23)cc1. The summed E-state index contributed by atoms with van der Waals surface area (Å²) in [4.78, 5) is 18.5. The number of hydrogen-bond donors (Lipinski definition) is 3. The molecule has 1 atom stereocenters. The minimum atomic E-state index is -4.49. The molecule has 3 rings (SSSR count). The first-order chi connectivity index (χ1) is 16.6. The van der Waals surface area contributed by atoms with Crippen LogP contribution < -0.4 is 11.1 Å². The van der Waals surface area contributed by atoms with E-state index in [0.29, 0.717) is 23.1 Å². The molecule has 0 spiro atoms. The van der Waals surface area contributed by atoms with Crippen molar-refractivity contribution in [3.8, 4) is 11.8 Å². The molecule has 3 aromatic rings. The molecule has 0 radical (unpaired) electrons. The number of nitrogens with one attached hydrogen (secondary N) is 1. The molecule has 35 heavy (non-hydrogen) atoms. The maximum Gasteiger partial charge on any atom is 0.416 e.